The molecule has 0 bridgehead atoms. The first kappa shape index (κ1) is 38.2. The van der Waals surface area contributed by atoms with E-state index < -0.39 is 0 Å². The van der Waals surface area contributed by atoms with Gasteiger partial charge in [-0.2, -0.15) is 47.0 Å². The largest absolute Gasteiger partial charge is 0.381 e. The van der Waals surface area contributed by atoms with Crippen LogP contribution in [0.1, 0.15) is 81.1 Å². The Labute approximate surface area is 248 Å². The molecule has 0 unspecified atom stereocenters. The number of thioether (sulfide) groups is 4. The lowest BCUT2D eigenvalue weighted by atomic mass is 9.92. The molecule has 0 saturated carbocycles. The van der Waals surface area contributed by atoms with Crippen LogP contribution in [0, 0.1) is 5.41 Å². The Kier molecular flexibility index (Phi) is 27.0. The molecule has 0 amide bonds. The number of ether oxygens (including phenoxy) is 4. The minimum absolute atomic E-state index is 0.257. The van der Waals surface area contributed by atoms with Crippen LogP contribution in [0.4, 0.5) is 0 Å². The lowest BCUT2D eigenvalue weighted by Gasteiger charge is -2.33. The van der Waals surface area contributed by atoms with Gasteiger partial charge in [-0.3, -0.25) is 0 Å². The van der Waals surface area contributed by atoms with Crippen molar-refractivity contribution < 1.29 is 18.9 Å². The van der Waals surface area contributed by atoms with E-state index in [9.17, 15) is 0 Å². The summed E-state index contributed by atoms with van der Waals surface area (Å²) in [6.45, 7) is 23.6. The summed E-state index contributed by atoms with van der Waals surface area (Å²) in [7, 11) is 0. The van der Waals surface area contributed by atoms with E-state index in [1.807, 2.05) is 47.0 Å². The molecule has 8 heteroatoms. The number of hydrogen-bond acceptors (Lipinski definition) is 8. The zero-order valence-electron chi connectivity index (χ0n) is 25.4. The highest BCUT2D eigenvalue weighted by molar-refractivity contribution is 8.00. The van der Waals surface area contributed by atoms with Gasteiger partial charge in [-0.1, -0.05) is 55.4 Å². The second-order valence-electron chi connectivity index (χ2n) is 10.8. The van der Waals surface area contributed by atoms with E-state index >= 15 is 0 Å². The SMILES string of the molecule is CC(C)SCCCOCC(COCCCSC(C)C)(COCCCSC(C)C)COCCCSC(C)C. The van der Waals surface area contributed by atoms with E-state index in [2.05, 4.69) is 55.4 Å². The van der Waals surface area contributed by atoms with E-state index in [0.29, 0.717) is 47.4 Å². The zero-order valence-corrected chi connectivity index (χ0v) is 28.7. The molecule has 0 rings (SSSR count). The van der Waals surface area contributed by atoms with Crippen molar-refractivity contribution in [2.75, 3.05) is 75.9 Å². The molecule has 224 valence electrons. The first-order chi connectivity index (χ1) is 17.7. The highest BCUT2D eigenvalue weighted by atomic mass is 32.2. The molecule has 0 aromatic rings. The zero-order chi connectivity index (χ0) is 27.8. The Balaban J connectivity index is 4.89. The number of rotatable bonds is 28. The first-order valence-electron chi connectivity index (χ1n) is 14.4. The van der Waals surface area contributed by atoms with Gasteiger partial charge < -0.3 is 18.9 Å². The first-order valence-corrected chi connectivity index (χ1v) is 18.6. The minimum Gasteiger partial charge on any atom is -0.381 e. The molecule has 4 nitrogen and oxygen atoms in total. The summed E-state index contributed by atoms with van der Waals surface area (Å²) in [5.41, 5.74) is -0.257. The van der Waals surface area contributed by atoms with Crippen LogP contribution in [0.5, 0.6) is 0 Å². The van der Waals surface area contributed by atoms with Gasteiger partial charge in [-0.25, -0.2) is 0 Å². The van der Waals surface area contributed by atoms with Gasteiger partial charge >= 0.3 is 0 Å². The molecule has 0 aliphatic rings. The van der Waals surface area contributed by atoms with Gasteiger partial charge in [0.25, 0.3) is 0 Å². The topological polar surface area (TPSA) is 36.9 Å². The predicted octanol–water partition coefficient (Wildman–Crippen LogP) is 8.17. The maximum Gasteiger partial charge on any atom is 0.0637 e. The second-order valence-corrected chi connectivity index (χ2v) is 17.5. The van der Waals surface area contributed by atoms with Crippen molar-refractivity contribution in [2.45, 2.75) is 102 Å². The molecule has 0 heterocycles. The van der Waals surface area contributed by atoms with Crippen molar-refractivity contribution in [3.05, 3.63) is 0 Å². The fourth-order valence-electron chi connectivity index (χ4n) is 3.32. The van der Waals surface area contributed by atoms with Gasteiger partial charge in [0, 0.05) is 26.4 Å². The smallest absolute Gasteiger partial charge is 0.0637 e. The molecule has 0 radical (unpaired) electrons. The van der Waals surface area contributed by atoms with E-state index in [1.165, 1.54) is 0 Å². The van der Waals surface area contributed by atoms with E-state index in [-0.39, 0.29) is 5.41 Å². The highest BCUT2D eigenvalue weighted by Gasteiger charge is 2.32. The van der Waals surface area contributed by atoms with Crippen LogP contribution in [0.15, 0.2) is 0 Å². The van der Waals surface area contributed by atoms with Gasteiger partial charge in [0.1, 0.15) is 0 Å². The van der Waals surface area contributed by atoms with Crippen molar-refractivity contribution in [1.82, 2.24) is 0 Å². The molecular formula is C29H60O4S4. The van der Waals surface area contributed by atoms with E-state index in [1.54, 1.807) is 0 Å². The molecule has 0 saturated heterocycles. The average molecular weight is 601 g/mol. The van der Waals surface area contributed by atoms with Gasteiger partial charge in [0.2, 0.25) is 0 Å². The summed E-state index contributed by atoms with van der Waals surface area (Å²) in [5, 5.41) is 2.69. The summed E-state index contributed by atoms with van der Waals surface area (Å²) >= 11 is 8.00. The predicted molar refractivity (Wildman–Crippen MR) is 175 cm³/mol. The Hall–Kier alpha value is 1.24. The van der Waals surface area contributed by atoms with Crippen LogP contribution in [0.2, 0.25) is 0 Å². The maximum absolute atomic E-state index is 6.24. The molecule has 0 spiro atoms. The van der Waals surface area contributed by atoms with Crippen molar-refractivity contribution in [3.8, 4) is 0 Å². The van der Waals surface area contributed by atoms with Crippen molar-refractivity contribution in [3.63, 3.8) is 0 Å². The molecule has 0 aliphatic carbocycles. The van der Waals surface area contributed by atoms with E-state index in [0.717, 1.165) is 75.1 Å². The fraction of sp³-hybridized carbons (Fsp3) is 1.00. The van der Waals surface area contributed by atoms with Crippen molar-refractivity contribution >= 4 is 47.0 Å². The molecule has 37 heavy (non-hydrogen) atoms. The van der Waals surface area contributed by atoms with Crippen LogP contribution in [0.25, 0.3) is 0 Å². The third-order valence-electron chi connectivity index (χ3n) is 5.17. The molecule has 0 fully saturated rings. The normalized spacial score (nSPS) is 12.6. The third-order valence-corrected chi connectivity index (χ3v) is 9.93. The van der Waals surface area contributed by atoms with Gasteiger partial charge in [-0.15, -0.1) is 0 Å². The highest BCUT2D eigenvalue weighted by Crippen LogP contribution is 2.23. The lowest BCUT2D eigenvalue weighted by molar-refractivity contribution is -0.106. The second kappa shape index (κ2) is 26.2. The molecule has 0 atom stereocenters. The van der Waals surface area contributed by atoms with Gasteiger partial charge in [0.05, 0.1) is 31.8 Å². The van der Waals surface area contributed by atoms with Crippen LogP contribution in [-0.2, 0) is 18.9 Å². The minimum atomic E-state index is -0.257. The molecule has 0 aliphatic heterocycles. The summed E-state index contributed by atoms with van der Waals surface area (Å²) in [6, 6.07) is 0. The Morgan fingerprint density at radius 2 is 0.622 bits per heavy atom. The van der Waals surface area contributed by atoms with Gasteiger partial charge in [-0.05, 0) is 69.7 Å². The monoisotopic (exact) mass is 600 g/mol. The lowest BCUT2D eigenvalue weighted by Crippen LogP contribution is -2.42. The summed E-state index contributed by atoms with van der Waals surface area (Å²) in [4.78, 5) is 0. The van der Waals surface area contributed by atoms with Crippen LogP contribution in [-0.4, -0.2) is 96.9 Å². The molecule has 0 N–H and O–H groups in total. The summed E-state index contributed by atoms with van der Waals surface area (Å²) in [5.74, 6) is 4.57. The third kappa shape index (κ3) is 27.2. The maximum atomic E-state index is 6.24. The van der Waals surface area contributed by atoms with Gasteiger partial charge in [0.15, 0.2) is 0 Å². The standard InChI is InChI=1S/C29H60O4S4/c1-25(2)34-17-9-13-30-21-29(22-31-14-10-18-35-26(3)4,23-32-15-11-19-36-27(5)6)24-33-16-12-20-37-28(7)8/h25-28H,9-24H2,1-8H3. The summed E-state index contributed by atoms with van der Waals surface area (Å²) < 4.78 is 25.0. The number of hydrogen-bond donors (Lipinski definition) is 0. The quantitative estimate of drug-likeness (QED) is 0.0833. The Bertz CT molecular complexity index is 393. The summed E-state index contributed by atoms with van der Waals surface area (Å²) in [6.07, 6.45) is 4.30. The van der Waals surface area contributed by atoms with Crippen LogP contribution >= 0.6 is 47.0 Å². The molecule has 0 aromatic heterocycles. The van der Waals surface area contributed by atoms with Crippen molar-refractivity contribution in [1.29, 1.82) is 0 Å². The van der Waals surface area contributed by atoms with E-state index in [4.69, 9.17) is 18.9 Å². The fourth-order valence-corrected chi connectivity index (χ4v) is 6.35. The molecule has 0 aromatic carbocycles. The average Bonchev–Trinajstić information content (AvgIpc) is 2.82. The molecular weight excluding hydrogens is 541 g/mol. The van der Waals surface area contributed by atoms with Crippen LogP contribution in [0.3, 0.4) is 0 Å². The van der Waals surface area contributed by atoms with Crippen molar-refractivity contribution in [2.24, 2.45) is 5.41 Å². The van der Waals surface area contributed by atoms with Crippen LogP contribution < -0.4 is 0 Å². The Morgan fingerprint density at radius 1 is 0.405 bits per heavy atom. The Morgan fingerprint density at radius 3 is 0.811 bits per heavy atom.